The number of halogens is 1. The molecule has 1 aromatic carbocycles. The second kappa shape index (κ2) is 4.23. The van der Waals surface area contributed by atoms with E-state index in [1.807, 2.05) is 6.07 Å². The Bertz CT molecular complexity index is 459. The van der Waals surface area contributed by atoms with Crippen molar-refractivity contribution in [2.75, 3.05) is 4.90 Å². The first kappa shape index (κ1) is 11.1. The number of hydrogen-bond donors (Lipinski definition) is 1. The smallest absolute Gasteiger partial charge is 0.326 e. The third-order valence-corrected chi connectivity index (χ3v) is 2.82. The maximum atomic E-state index is 11.5. The lowest BCUT2D eigenvalue weighted by Crippen LogP contribution is -2.37. The van der Waals surface area contributed by atoms with Crippen molar-refractivity contribution < 1.29 is 9.59 Å². The number of carbonyl (C=O) groups is 2. The molecule has 1 heterocycles. The van der Waals surface area contributed by atoms with Gasteiger partial charge in [-0.15, -0.1) is 0 Å². The molecule has 0 spiro atoms. The van der Waals surface area contributed by atoms with Gasteiger partial charge in [0.25, 0.3) is 0 Å². The van der Waals surface area contributed by atoms with E-state index < -0.39 is 5.37 Å². The minimum atomic E-state index is -0.758. The van der Waals surface area contributed by atoms with E-state index in [0.29, 0.717) is 25.1 Å². The lowest BCUT2D eigenvalue weighted by Gasteiger charge is -2.26. The summed E-state index contributed by atoms with van der Waals surface area (Å²) in [7, 11) is 0. The number of amides is 2. The standard InChI is InChI=1S/C11H11ClN2O2/c12-11(16)14-9-3-1-7(6-13)5-8(9)2-4-10(14)15/h1,3,5H,2,4,6,13H2. The Balaban J connectivity index is 2.48. The number of carbonyl (C=O) groups excluding carboxylic acids is 2. The molecule has 0 aliphatic carbocycles. The van der Waals surface area contributed by atoms with Gasteiger partial charge in [-0.2, -0.15) is 0 Å². The van der Waals surface area contributed by atoms with Crippen LogP contribution in [-0.4, -0.2) is 11.3 Å². The van der Waals surface area contributed by atoms with Gasteiger partial charge in [-0.05, 0) is 35.2 Å². The predicted molar refractivity (Wildman–Crippen MR) is 61.4 cm³/mol. The number of nitrogens with zero attached hydrogens (tertiary/aromatic N) is 1. The van der Waals surface area contributed by atoms with Gasteiger partial charge in [-0.25, -0.2) is 4.90 Å². The van der Waals surface area contributed by atoms with Crippen molar-refractivity contribution in [3.8, 4) is 0 Å². The molecular formula is C11H11ClN2O2. The molecule has 1 aromatic rings. The molecule has 0 bridgehead atoms. The zero-order valence-electron chi connectivity index (χ0n) is 8.57. The third kappa shape index (κ3) is 1.81. The number of rotatable bonds is 1. The highest BCUT2D eigenvalue weighted by Crippen LogP contribution is 2.29. The molecule has 2 amide bonds. The second-order valence-corrected chi connectivity index (χ2v) is 3.97. The van der Waals surface area contributed by atoms with E-state index in [-0.39, 0.29) is 5.91 Å². The lowest BCUT2D eigenvalue weighted by atomic mass is 9.99. The Labute approximate surface area is 98.0 Å². The van der Waals surface area contributed by atoms with Gasteiger partial charge in [-0.1, -0.05) is 12.1 Å². The molecule has 84 valence electrons. The fourth-order valence-electron chi connectivity index (χ4n) is 1.86. The van der Waals surface area contributed by atoms with Crippen LogP contribution in [0.5, 0.6) is 0 Å². The molecule has 16 heavy (non-hydrogen) atoms. The van der Waals surface area contributed by atoms with Gasteiger partial charge in [0.05, 0.1) is 5.69 Å². The molecule has 0 fully saturated rings. The first-order valence-electron chi connectivity index (χ1n) is 4.97. The van der Waals surface area contributed by atoms with Crippen LogP contribution in [0.2, 0.25) is 0 Å². The number of nitrogens with two attached hydrogens (primary N) is 1. The summed E-state index contributed by atoms with van der Waals surface area (Å²) in [6.45, 7) is 0.441. The van der Waals surface area contributed by atoms with E-state index in [1.165, 1.54) is 0 Å². The van der Waals surface area contributed by atoms with Crippen molar-refractivity contribution in [3.05, 3.63) is 29.3 Å². The van der Waals surface area contributed by atoms with Crippen LogP contribution in [-0.2, 0) is 17.8 Å². The number of aryl methyl sites for hydroxylation is 1. The Morgan fingerprint density at radius 3 is 2.81 bits per heavy atom. The number of fused-ring (bicyclic) bond motifs is 1. The largest absolute Gasteiger partial charge is 0.327 e. The normalized spacial score (nSPS) is 14.9. The summed E-state index contributed by atoms with van der Waals surface area (Å²) in [5.41, 5.74) is 8.03. The van der Waals surface area contributed by atoms with Crippen molar-refractivity contribution in [1.82, 2.24) is 0 Å². The number of imide groups is 1. The van der Waals surface area contributed by atoms with Gasteiger partial charge in [0.1, 0.15) is 0 Å². The highest BCUT2D eigenvalue weighted by Gasteiger charge is 2.28. The molecule has 0 saturated carbocycles. The topological polar surface area (TPSA) is 63.4 Å². The predicted octanol–water partition coefficient (Wildman–Crippen LogP) is 1.78. The summed E-state index contributed by atoms with van der Waals surface area (Å²) in [6.07, 6.45) is 0.933. The minimum absolute atomic E-state index is 0.256. The first-order valence-corrected chi connectivity index (χ1v) is 5.35. The molecule has 4 nitrogen and oxygen atoms in total. The van der Waals surface area contributed by atoms with Crippen LogP contribution in [0.1, 0.15) is 17.5 Å². The summed E-state index contributed by atoms with van der Waals surface area (Å²) in [6, 6.07) is 5.42. The van der Waals surface area contributed by atoms with Crippen molar-refractivity contribution in [2.45, 2.75) is 19.4 Å². The molecule has 2 rings (SSSR count). The second-order valence-electron chi connectivity index (χ2n) is 3.65. The summed E-state index contributed by atoms with van der Waals surface area (Å²) in [4.78, 5) is 23.7. The zero-order chi connectivity index (χ0) is 11.7. The van der Waals surface area contributed by atoms with Crippen molar-refractivity contribution in [2.24, 2.45) is 5.73 Å². The summed E-state index contributed by atoms with van der Waals surface area (Å²) in [5.74, 6) is -0.256. The number of hydrogen-bond acceptors (Lipinski definition) is 3. The van der Waals surface area contributed by atoms with Crippen LogP contribution < -0.4 is 10.6 Å². The summed E-state index contributed by atoms with van der Waals surface area (Å²) < 4.78 is 0. The summed E-state index contributed by atoms with van der Waals surface area (Å²) >= 11 is 5.39. The number of benzene rings is 1. The molecule has 0 atom stereocenters. The van der Waals surface area contributed by atoms with Crippen molar-refractivity contribution in [1.29, 1.82) is 0 Å². The van der Waals surface area contributed by atoms with Crippen LogP contribution in [0.25, 0.3) is 0 Å². The monoisotopic (exact) mass is 238 g/mol. The molecule has 0 radical (unpaired) electrons. The van der Waals surface area contributed by atoms with Gasteiger partial charge >= 0.3 is 5.37 Å². The van der Waals surface area contributed by atoms with Crippen LogP contribution in [0, 0.1) is 0 Å². The maximum Gasteiger partial charge on any atom is 0.327 e. The molecule has 2 N–H and O–H groups in total. The van der Waals surface area contributed by atoms with Gasteiger partial charge in [-0.3, -0.25) is 9.59 Å². The molecular weight excluding hydrogens is 228 g/mol. The van der Waals surface area contributed by atoms with E-state index in [1.54, 1.807) is 12.1 Å². The Morgan fingerprint density at radius 2 is 2.19 bits per heavy atom. The molecule has 0 unspecified atom stereocenters. The van der Waals surface area contributed by atoms with E-state index in [2.05, 4.69) is 0 Å². The maximum absolute atomic E-state index is 11.5. The van der Waals surface area contributed by atoms with E-state index in [9.17, 15) is 9.59 Å². The SMILES string of the molecule is NCc1ccc2c(c1)CCC(=O)N2C(=O)Cl. The van der Waals surface area contributed by atoms with Crippen LogP contribution in [0.4, 0.5) is 10.5 Å². The number of anilines is 1. The molecule has 0 saturated heterocycles. The molecule has 0 aromatic heterocycles. The quantitative estimate of drug-likeness (QED) is 0.599. The molecule has 1 aliphatic rings. The first-order chi connectivity index (χ1) is 7.63. The molecule has 1 aliphatic heterocycles. The minimum Gasteiger partial charge on any atom is -0.326 e. The van der Waals surface area contributed by atoms with Gasteiger partial charge in [0.15, 0.2) is 0 Å². The highest BCUT2D eigenvalue weighted by atomic mass is 35.5. The van der Waals surface area contributed by atoms with Crippen LogP contribution in [0.15, 0.2) is 18.2 Å². The van der Waals surface area contributed by atoms with Gasteiger partial charge < -0.3 is 5.73 Å². The Kier molecular flexibility index (Phi) is 2.94. The van der Waals surface area contributed by atoms with Crippen LogP contribution >= 0.6 is 11.6 Å². The Morgan fingerprint density at radius 1 is 1.44 bits per heavy atom. The van der Waals surface area contributed by atoms with E-state index in [4.69, 9.17) is 17.3 Å². The average Bonchev–Trinajstić information content (AvgIpc) is 2.27. The van der Waals surface area contributed by atoms with E-state index in [0.717, 1.165) is 16.0 Å². The van der Waals surface area contributed by atoms with Crippen molar-refractivity contribution in [3.63, 3.8) is 0 Å². The van der Waals surface area contributed by atoms with Gasteiger partial charge in [0.2, 0.25) is 5.91 Å². The van der Waals surface area contributed by atoms with Gasteiger partial charge in [0, 0.05) is 13.0 Å². The van der Waals surface area contributed by atoms with Crippen LogP contribution in [0.3, 0.4) is 0 Å². The Hall–Kier alpha value is -1.39. The summed E-state index contributed by atoms with van der Waals surface area (Å²) in [5, 5.41) is -0.758. The zero-order valence-corrected chi connectivity index (χ0v) is 9.33. The average molecular weight is 239 g/mol. The fraction of sp³-hybridized carbons (Fsp3) is 0.273. The fourth-order valence-corrected chi connectivity index (χ4v) is 2.05. The third-order valence-electron chi connectivity index (χ3n) is 2.65. The van der Waals surface area contributed by atoms with Crippen molar-refractivity contribution >= 4 is 28.6 Å². The highest BCUT2D eigenvalue weighted by molar-refractivity contribution is 6.68. The molecule has 5 heteroatoms. The lowest BCUT2D eigenvalue weighted by molar-refractivity contribution is -0.118. The van der Waals surface area contributed by atoms with E-state index >= 15 is 0 Å².